The highest BCUT2D eigenvalue weighted by Crippen LogP contribution is 2.16. The number of primary amides is 1. The molecule has 1 heterocycles. The first kappa shape index (κ1) is 7.79. The Labute approximate surface area is 75.0 Å². The van der Waals surface area contributed by atoms with Crippen LogP contribution >= 0.6 is 0 Å². The summed E-state index contributed by atoms with van der Waals surface area (Å²) in [5.41, 5.74) is 6.53. The molecule has 0 bridgehead atoms. The van der Waals surface area contributed by atoms with Crippen molar-refractivity contribution in [2.45, 2.75) is 0 Å². The van der Waals surface area contributed by atoms with Crippen molar-refractivity contribution >= 4 is 16.8 Å². The van der Waals surface area contributed by atoms with Gasteiger partial charge in [-0.25, -0.2) is 0 Å². The number of benzene rings is 1. The molecule has 0 saturated heterocycles. The highest BCUT2D eigenvalue weighted by Gasteiger charge is 2.08. The lowest BCUT2D eigenvalue weighted by molar-refractivity contribution is 0.100. The van der Waals surface area contributed by atoms with Crippen LogP contribution in [0.5, 0.6) is 0 Å². The predicted molar refractivity (Wildman–Crippen MR) is 49.2 cm³/mol. The molecule has 0 atom stereocenters. The SMILES string of the molecule is Cn1ncc2cccc(C(N)=O)c21. The van der Waals surface area contributed by atoms with Crippen LogP contribution in [0.15, 0.2) is 24.4 Å². The molecule has 13 heavy (non-hydrogen) atoms. The van der Waals surface area contributed by atoms with Gasteiger partial charge in [-0.2, -0.15) is 5.10 Å². The summed E-state index contributed by atoms with van der Waals surface area (Å²) < 4.78 is 1.65. The van der Waals surface area contributed by atoms with Crippen molar-refractivity contribution in [3.05, 3.63) is 30.0 Å². The van der Waals surface area contributed by atoms with Crippen LogP contribution in [0.25, 0.3) is 10.9 Å². The maximum Gasteiger partial charge on any atom is 0.250 e. The van der Waals surface area contributed by atoms with E-state index >= 15 is 0 Å². The standard InChI is InChI=1S/C9H9N3O/c1-12-8-6(5-11-12)3-2-4-7(8)9(10)13/h2-5H,1H3,(H2,10,13). The van der Waals surface area contributed by atoms with E-state index in [0.29, 0.717) is 5.56 Å². The summed E-state index contributed by atoms with van der Waals surface area (Å²) >= 11 is 0. The van der Waals surface area contributed by atoms with Crippen molar-refractivity contribution in [1.29, 1.82) is 0 Å². The quantitative estimate of drug-likeness (QED) is 0.692. The van der Waals surface area contributed by atoms with Gasteiger partial charge in [0.05, 0.1) is 17.3 Å². The van der Waals surface area contributed by atoms with E-state index in [1.165, 1.54) is 0 Å². The maximum absolute atomic E-state index is 11.0. The number of aryl methyl sites for hydroxylation is 1. The van der Waals surface area contributed by atoms with Gasteiger partial charge >= 0.3 is 0 Å². The van der Waals surface area contributed by atoms with Gasteiger partial charge in [0.1, 0.15) is 0 Å². The highest BCUT2D eigenvalue weighted by molar-refractivity contribution is 6.04. The lowest BCUT2D eigenvalue weighted by Gasteiger charge is -1.99. The Balaban J connectivity index is 2.88. The fourth-order valence-electron chi connectivity index (χ4n) is 1.43. The topological polar surface area (TPSA) is 60.9 Å². The third-order valence-electron chi connectivity index (χ3n) is 2.03. The second-order valence-corrected chi connectivity index (χ2v) is 2.88. The monoisotopic (exact) mass is 175 g/mol. The molecule has 0 unspecified atom stereocenters. The molecule has 0 fully saturated rings. The molecular formula is C9H9N3O. The van der Waals surface area contributed by atoms with Crippen LogP contribution < -0.4 is 5.73 Å². The Morgan fingerprint density at radius 1 is 1.54 bits per heavy atom. The van der Waals surface area contributed by atoms with E-state index in [2.05, 4.69) is 5.10 Å². The molecule has 2 aromatic rings. The normalized spacial score (nSPS) is 10.5. The Bertz CT molecular complexity index is 473. The molecule has 0 aliphatic heterocycles. The molecule has 1 aromatic heterocycles. The van der Waals surface area contributed by atoms with E-state index in [-0.39, 0.29) is 0 Å². The van der Waals surface area contributed by atoms with Crippen LogP contribution in [0.3, 0.4) is 0 Å². The molecule has 0 radical (unpaired) electrons. The van der Waals surface area contributed by atoms with E-state index in [9.17, 15) is 4.79 Å². The number of para-hydroxylation sites is 1. The summed E-state index contributed by atoms with van der Waals surface area (Å²) in [6, 6.07) is 5.39. The number of carbonyl (C=O) groups excluding carboxylic acids is 1. The van der Waals surface area contributed by atoms with Gasteiger partial charge in [0.15, 0.2) is 0 Å². The molecule has 4 nitrogen and oxygen atoms in total. The summed E-state index contributed by atoms with van der Waals surface area (Å²) in [5, 5.41) is 4.98. The molecule has 2 N–H and O–H groups in total. The zero-order valence-corrected chi connectivity index (χ0v) is 7.19. The molecule has 1 aromatic carbocycles. The van der Waals surface area contributed by atoms with E-state index in [4.69, 9.17) is 5.73 Å². The fourth-order valence-corrected chi connectivity index (χ4v) is 1.43. The largest absolute Gasteiger partial charge is 0.366 e. The van der Waals surface area contributed by atoms with E-state index in [1.54, 1.807) is 30.1 Å². The Hall–Kier alpha value is -1.84. The number of carbonyl (C=O) groups is 1. The summed E-state index contributed by atoms with van der Waals surface area (Å²) in [6.45, 7) is 0. The summed E-state index contributed by atoms with van der Waals surface area (Å²) in [5.74, 6) is -0.422. The molecule has 0 spiro atoms. The molecule has 0 saturated carbocycles. The number of nitrogens with two attached hydrogens (primary N) is 1. The molecule has 1 amide bonds. The molecule has 2 rings (SSSR count). The van der Waals surface area contributed by atoms with Crippen molar-refractivity contribution in [2.24, 2.45) is 12.8 Å². The van der Waals surface area contributed by atoms with Crippen molar-refractivity contribution < 1.29 is 4.79 Å². The van der Waals surface area contributed by atoms with Gasteiger partial charge in [0, 0.05) is 12.4 Å². The Morgan fingerprint density at radius 3 is 3.00 bits per heavy atom. The molecule has 0 aliphatic rings. The first-order valence-corrected chi connectivity index (χ1v) is 3.90. The van der Waals surface area contributed by atoms with Gasteiger partial charge in [-0.3, -0.25) is 9.48 Å². The third-order valence-corrected chi connectivity index (χ3v) is 2.03. The Morgan fingerprint density at radius 2 is 2.31 bits per heavy atom. The van der Waals surface area contributed by atoms with Crippen LogP contribution in [0.4, 0.5) is 0 Å². The minimum Gasteiger partial charge on any atom is -0.366 e. The van der Waals surface area contributed by atoms with Crippen LogP contribution in [0, 0.1) is 0 Å². The van der Waals surface area contributed by atoms with Crippen LogP contribution in [-0.4, -0.2) is 15.7 Å². The number of hydrogen-bond acceptors (Lipinski definition) is 2. The van der Waals surface area contributed by atoms with Gasteiger partial charge in [-0.05, 0) is 6.07 Å². The van der Waals surface area contributed by atoms with Crippen LogP contribution in [0.1, 0.15) is 10.4 Å². The number of amides is 1. The van der Waals surface area contributed by atoms with Crippen molar-refractivity contribution in [2.75, 3.05) is 0 Å². The number of rotatable bonds is 1. The average molecular weight is 175 g/mol. The maximum atomic E-state index is 11.0. The average Bonchev–Trinajstić information content (AvgIpc) is 2.48. The lowest BCUT2D eigenvalue weighted by Crippen LogP contribution is -2.12. The molecule has 66 valence electrons. The minimum absolute atomic E-state index is 0.422. The van der Waals surface area contributed by atoms with Gasteiger partial charge < -0.3 is 5.73 Å². The van der Waals surface area contributed by atoms with Crippen LogP contribution in [0.2, 0.25) is 0 Å². The molecule has 0 aliphatic carbocycles. The fraction of sp³-hybridized carbons (Fsp3) is 0.111. The zero-order chi connectivity index (χ0) is 9.42. The number of nitrogens with zero attached hydrogens (tertiary/aromatic N) is 2. The second kappa shape index (κ2) is 2.58. The lowest BCUT2D eigenvalue weighted by atomic mass is 10.1. The number of aromatic nitrogens is 2. The smallest absolute Gasteiger partial charge is 0.250 e. The minimum atomic E-state index is -0.422. The number of fused-ring (bicyclic) bond motifs is 1. The third kappa shape index (κ3) is 1.07. The second-order valence-electron chi connectivity index (χ2n) is 2.88. The zero-order valence-electron chi connectivity index (χ0n) is 7.19. The molecular weight excluding hydrogens is 166 g/mol. The van der Waals surface area contributed by atoms with E-state index < -0.39 is 5.91 Å². The summed E-state index contributed by atoms with van der Waals surface area (Å²) in [4.78, 5) is 11.0. The number of hydrogen-bond donors (Lipinski definition) is 1. The van der Waals surface area contributed by atoms with Crippen molar-refractivity contribution in [1.82, 2.24) is 9.78 Å². The first-order chi connectivity index (χ1) is 6.20. The van der Waals surface area contributed by atoms with Crippen molar-refractivity contribution in [3.63, 3.8) is 0 Å². The van der Waals surface area contributed by atoms with Crippen molar-refractivity contribution in [3.8, 4) is 0 Å². The van der Waals surface area contributed by atoms with Gasteiger partial charge in [0.25, 0.3) is 5.91 Å². The Kier molecular flexibility index (Phi) is 1.55. The van der Waals surface area contributed by atoms with E-state index in [1.807, 2.05) is 6.07 Å². The highest BCUT2D eigenvalue weighted by atomic mass is 16.1. The van der Waals surface area contributed by atoms with E-state index in [0.717, 1.165) is 10.9 Å². The first-order valence-electron chi connectivity index (χ1n) is 3.90. The van der Waals surface area contributed by atoms with Gasteiger partial charge in [-0.15, -0.1) is 0 Å². The molecule has 4 heteroatoms. The summed E-state index contributed by atoms with van der Waals surface area (Å²) in [6.07, 6.45) is 1.71. The van der Waals surface area contributed by atoms with Gasteiger partial charge in [0.2, 0.25) is 0 Å². The predicted octanol–water partition coefficient (Wildman–Crippen LogP) is 0.672. The van der Waals surface area contributed by atoms with Gasteiger partial charge in [-0.1, -0.05) is 12.1 Å². The van der Waals surface area contributed by atoms with Crippen LogP contribution in [-0.2, 0) is 7.05 Å². The summed E-state index contributed by atoms with van der Waals surface area (Å²) in [7, 11) is 1.79.